The summed E-state index contributed by atoms with van der Waals surface area (Å²) in [4.78, 5) is 14.2. The molecule has 0 aromatic carbocycles. The molecule has 6 heteroatoms. The van der Waals surface area contributed by atoms with Gasteiger partial charge in [0.15, 0.2) is 0 Å². The Labute approximate surface area is 112 Å². The molecule has 0 spiro atoms. The molecule has 1 unspecified atom stereocenters. The third kappa shape index (κ3) is 2.24. The van der Waals surface area contributed by atoms with Crippen LogP contribution in [0.1, 0.15) is 32.7 Å². The zero-order valence-electron chi connectivity index (χ0n) is 10.8. The summed E-state index contributed by atoms with van der Waals surface area (Å²) in [6, 6.07) is 0.270. The van der Waals surface area contributed by atoms with E-state index in [-0.39, 0.29) is 22.7 Å². The van der Waals surface area contributed by atoms with Crippen molar-refractivity contribution in [3.8, 4) is 0 Å². The van der Waals surface area contributed by atoms with Crippen LogP contribution in [0.4, 0.5) is 5.69 Å². The van der Waals surface area contributed by atoms with Crippen LogP contribution in [0.3, 0.4) is 0 Å². The molecule has 18 heavy (non-hydrogen) atoms. The van der Waals surface area contributed by atoms with Crippen molar-refractivity contribution in [2.75, 3.05) is 18.0 Å². The first-order valence-electron chi connectivity index (χ1n) is 6.30. The molecule has 5 nitrogen and oxygen atoms in total. The van der Waals surface area contributed by atoms with Gasteiger partial charge in [-0.25, -0.2) is 4.68 Å². The van der Waals surface area contributed by atoms with Crippen LogP contribution in [0.2, 0.25) is 5.02 Å². The molecular formula is C12H19ClN4O. The summed E-state index contributed by atoms with van der Waals surface area (Å²) < 4.78 is 1.40. The largest absolute Gasteiger partial charge is 0.365 e. The Kier molecular flexibility index (Phi) is 3.92. The number of nitrogens with zero attached hydrogens (tertiary/aromatic N) is 3. The van der Waals surface area contributed by atoms with E-state index in [1.54, 1.807) is 6.20 Å². The van der Waals surface area contributed by atoms with Crippen LogP contribution < -0.4 is 16.2 Å². The lowest BCUT2D eigenvalue weighted by Crippen LogP contribution is -2.37. The van der Waals surface area contributed by atoms with Crippen LogP contribution in [0.5, 0.6) is 0 Å². The molecule has 1 aliphatic rings. The van der Waals surface area contributed by atoms with Crippen LogP contribution in [-0.2, 0) is 0 Å². The monoisotopic (exact) mass is 270 g/mol. The maximum atomic E-state index is 12.1. The average molecular weight is 271 g/mol. The van der Waals surface area contributed by atoms with Gasteiger partial charge in [0.2, 0.25) is 0 Å². The molecular weight excluding hydrogens is 252 g/mol. The summed E-state index contributed by atoms with van der Waals surface area (Å²) in [7, 11) is 0. The van der Waals surface area contributed by atoms with Gasteiger partial charge < -0.3 is 10.6 Å². The lowest BCUT2D eigenvalue weighted by atomic mass is 10.2. The number of anilines is 1. The van der Waals surface area contributed by atoms with Crippen molar-refractivity contribution in [1.82, 2.24) is 9.78 Å². The molecule has 0 aliphatic carbocycles. The number of aromatic nitrogens is 2. The van der Waals surface area contributed by atoms with Crippen LogP contribution in [0.15, 0.2) is 11.0 Å². The zero-order valence-corrected chi connectivity index (χ0v) is 11.5. The van der Waals surface area contributed by atoms with Crippen molar-refractivity contribution in [1.29, 1.82) is 0 Å². The molecule has 1 fully saturated rings. The summed E-state index contributed by atoms with van der Waals surface area (Å²) in [6.45, 7) is 5.27. The van der Waals surface area contributed by atoms with Gasteiger partial charge in [0.25, 0.3) is 5.56 Å². The number of nitrogens with two attached hydrogens (primary N) is 1. The van der Waals surface area contributed by atoms with E-state index in [0.717, 1.165) is 19.4 Å². The highest BCUT2D eigenvalue weighted by Gasteiger charge is 2.26. The topological polar surface area (TPSA) is 64.2 Å². The third-order valence-corrected chi connectivity index (χ3v) is 3.73. The first kappa shape index (κ1) is 13.4. The quantitative estimate of drug-likeness (QED) is 0.902. The molecule has 2 N–H and O–H groups in total. The fourth-order valence-corrected chi connectivity index (χ4v) is 2.65. The predicted molar refractivity (Wildman–Crippen MR) is 73.3 cm³/mol. The second-order valence-electron chi connectivity index (χ2n) is 4.91. The summed E-state index contributed by atoms with van der Waals surface area (Å²) in [5.41, 5.74) is 6.22. The maximum absolute atomic E-state index is 12.1. The van der Waals surface area contributed by atoms with Crippen molar-refractivity contribution in [3.63, 3.8) is 0 Å². The summed E-state index contributed by atoms with van der Waals surface area (Å²) >= 11 is 6.19. The number of hydrogen-bond donors (Lipinski definition) is 1. The highest BCUT2D eigenvalue weighted by atomic mass is 35.5. The van der Waals surface area contributed by atoms with Crippen LogP contribution in [-0.4, -0.2) is 28.9 Å². The molecule has 0 bridgehead atoms. The van der Waals surface area contributed by atoms with Gasteiger partial charge in [-0.05, 0) is 26.7 Å². The van der Waals surface area contributed by atoms with E-state index < -0.39 is 0 Å². The van der Waals surface area contributed by atoms with Gasteiger partial charge in [-0.3, -0.25) is 4.79 Å². The van der Waals surface area contributed by atoms with Gasteiger partial charge in [0.05, 0.1) is 17.9 Å². The second kappa shape index (κ2) is 5.28. The molecule has 1 aliphatic heterocycles. The highest BCUT2D eigenvalue weighted by Crippen LogP contribution is 2.28. The van der Waals surface area contributed by atoms with E-state index in [9.17, 15) is 4.79 Å². The average Bonchev–Trinajstić information content (AvgIpc) is 2.80. The van der Waals surface area contributed by atoms with Crippen molar-refractivity contribution < 1.29 is 0 Å². The summed E-state index contributed by atoms with van der Waals surface area (Å²) in [6.07, 6.45) is 3.79. The Morgan fingerprint density at radius 3 is 2.94 bits per heavy atom. The maximum Gasteiger partial charge on any atom is 0.287 e. The minimum Gasteiger partial charge on any atom is -0.365 e. The molecule has 1 saturated heterocycles. The Balaban J connectivity index is 2.41. The number of rotatable bonds is 3. The highest BCUT2D eigenvalue weighted by molar-refractivity contribution is 6.33. The Hall–Kier alpha value is -1.07. The van der Waals surface area contributed by atoms with Gasteiger partial charge in [-0.15, -0.1) is 0 Å². The summed E-state index contributed by atoms with van der Waals surface area (Å²) in [5.74, 6) is 0. The minimum atomic E-state index is -0.230. The van der Waals surface area contributed by atoms with Gasteiger partial charge in [0, 0.05) is 19.1 Å². The Morgan fingerprint density at radius 2 is 2.33 bits per heavy atom. The standard InChI is InChI=1S/C12H19ClN4O/c1-8(2)17-12(18)11(13)10(7-15-17)16-5-3-4-9(16)6-14/h7-9H,3-6,14H2,1-2H3. The SMILES string of the molecule is CC(C)n1ncc(N2CCCC2CN)c(Cl)c1=O. The van der Waals surface area contributed by atoms with Crippen LogP contribution in [0.25, 0.3) is 0 Å². The van der Waals surface area contributed by atoms with E-state index in [0.29, 0.717) is 12.2 Å². The fourth-order valence-electron chi connectivity index (χ4n) is 2.40. The molecule has 2 rings (SSSR count). The Bertz CT molecular complexity index is 485. The van der Waals surface area contributed by atoms with Gasteiger partial charge in [-0.2, -0.15) is 5.10 Å². The van der Waals surface area contributed by atoms with Gasteiger partial charge >= 0.3 is 0 Å². The number of halogens is 1. The molecule has 100 valence electrons. The molecule has 1 atom stereocenters. The minimum absolute atomic E-state index is 0.00735. The number of hydrogen-bond acceptors (Lipinski definition) is 4. The van der Waals surface area contributed by atoms with E-state index in [1.807, 2.05) is 13.8 Å². The van der Waals surface area contributed by atoms with E-state index >= 15 is 0 Å². The molecule has 1 aromatic rings. The van der Waals surface area contributed by atoms with Gasteiger partial charge in [0.1, 0.15) is 5.02 Å². The van der Waals surface area contributed by atoms with E-state index in [4.69, 9.17) is 17.3 Å². The lowest BCUT2D eigenvalue weighted by molar-refractivity contribution is 0.501. The van der Waals surface area contributed by atoms with Crippen molar-refractivity contribution in [3.05, 3.63) is 21.6 Å². The van der Waals surface area contributed by atoms with Gasteiger partial charge in [-0.1, -0.05) is 11.6 Å². The van der Waals surface area contributed by atoms with Crippen LogP contribution in [0, 0.1) is 0 Å². The fraction of sp³-hybridized carbons (Fsp3) is 0.667. The van der Waals surface area contributed by atoms with E-state index in [2.05, 4.69) is 10.00 Å². The third-order valence-electron chi connectivity index (χ3n) is 3.37. The second-order valence-corrected chi connectivity index (χ2v) is 5.29. The van der Waals surface area contributed by atoms with Crippen molar-refractivity contribution >= 4 is 17.3 Å². The normalized spacial score (nSPS) is 19.8. The molecule has 2 heterocycles. The predicted octanol–water partition coefficient (Wildman–Crippen LogP) is 1.41. The molecule has 0 amide bonds. The first-order valence-corrected chi connectivity index (χ1v) is 6.68. The van der Waals surface area contributed by atoms with E-state index in [1.165, 1.54) is 4.68 Å². The van der Waals surface area contributed by atoms with Crippen LogP contribution >= 0.6 is 11.6 Å². The smallest absolute Gasteiger partial charge is 0.287 e. The molecule has 1 aromatic heterocycles. The Morgan fingerprint density at radius 1 is 1.61 bits per heavy atom. The zero-order chi connectivity index (χ0) is 13.3. The van der Waals surface area contributed by atoms with Crippen molar-refractivity contribution in [2.24, 2.45) is 5.73 Å². The summed E-state index contributed by atoms with van der Waals surface area (Å²) in [5, 5.41) is 4.44. The first-order chi connectivity index (χ1) is 8.56. The van der Waals surface area contributed by atoms with Crippen molar-refractivity contribution in [2.45, 2.75) is 38.8 Å². The molecule has 0 saturated carbocycles. The lowest BCUT2D eigenvalue weighted by Gasteiger charge is -2.26. The molecule has 0 radical (unpaired) electrons.